The minimum atomic E-state index is 0.00463. The molecule has 0 unspecified atom stereocenters. The maximum Gasteiger partial charge on any atom is 0.221 e. The van der Waals surface area contributed by atoms with Crippen LogP contribution in [-0.4, -0.2) is 24.0 Å². The fourth-order valence-electron chi connectivity index (χ4n) is 1.20. The number of nitrogens with two attached hydrogens (primary N) is 1. The number of halogens is 1. The third kappa shape index (κ3) is 4.35. The molecule has 0 atom stereocenters. The van der Waals surface area contributed by atoms with Gasteiger partial charge in [0.15, 0.2) is 0 Å². The van der Waals surface area contributed by atoms with Crippen molar-refractivity contribution in [3.05, 3.63) is 17.3 Å². The summed E-state index contributed by atoms with van der Waals surface area (Å²) in [6.45, 7) is 3.02. The minimum absolute atomic E-state index is 0.00463. The van der Waals surface area contributed by atoms with Gasteiger partial charge in [0.1, 0.15) is 11.0 Å². The van der Waals surface area contributed by atoms with Crippen LogP contribution < -0.4 is 16.4 Å². The van der Waals surface area contributed by atoms with Crippen molar-refractivity contribution in [1.29, 1.82) is 0 Å². The van der Waals surface area contributed by atoms with Gasteiger partial charge in [-0.1, -0.05) is 11.6 Å². The molecule has 6 heteroatoms. The Hall–Kier alpha value is -1.49. The van der Waals surface area contributed by atoms with Gasteiger partial charge in [-0.25, -0.2) is 4.98 Å². The number of hydrogen-bond acceptors (Lipinski definition) is 4. The van der Waals surface area contributed by atoms with E-state index >= 15 is 0 Å². The molecule has 1 amide bonds. The standard InChI is InChI=1S/C10H15ClN4O/c1-2-13-10(16)3-4-14-9-6-7(12)5-8(11)15-9/h5-6H,2-4H2,1H3,(H,13,16)(H3,12,14,15). The van der Waals surface area contributed by atoms with Crippen molar-refractivity contribution in [3.63, 3.8) is 0 Å². The van der Waals surface area contributed by atoms with Gasteiger partial charge < -0.3 is 16.4 Å². The SMILES string of the molecule is CCNC(=O)CCNc1cc(N)cc(Cl)n1. The lowest BCUT2D eigenvalue weighted by molar-refractivity contribution is -0.120. The first-order valence-electron chi connectivity index (χ1n) is 5.05. The van der Waals surface area contributed by atoms with Gasteiger partial charge in [0, 0.05) is 31.3 Å². The van der Waals surface area contributed by atoms with E-state index in [4.69, 9.17) is 17.3 Å². The summed E-state index contributed by atoms with van der Waals surface area (Å²) in [5.41, 5.74) is 6.14. The Bertz CT molecular complexity index is 350. The van der Waals surface area contributed by atoms with Gasteiger partial charge in [0.2, 0.25) is 5.91 Å². The molecule has 1 aromatic heterocycles. The summed E-state index contributed by atoms with van der Waals surface area (Å²) in [4.78, 5) is 15.2. The second kappa shape index (κ2) is 6.17. The summed E-state index contributed by atoms with van der Waals surface area (Å²) in [5, 5.41) is 6.02. The summed E-state index contributed by atoms with van der Waals surface area (Å²) in [7, 11) is 0. The monoisotopic (exact) mass is 242 g/mol. The van der Waals surface area contributed by atoms with Gasteiger partial charge >= 0.3 is 0 Å². The van der Waals surface area contributed by atoms with E-state index in [1.807, 2.05) is 6.92 Å². The first-order chi connectivity index (χ1) is 7.61. The minimum Gasteiger partial charge on any atom is -0.399 e. The zero-order valence-electron chi connectivity index (χ0n) is 9.09. The van der Waals surface area contributed by atoms with Crippen molar-refractivity contribution < 1.29 is 4.79 Å². The first kappa shape index (κ1) is 12.6. The molecule has 0 aromatic carbocycles. The molecule has 16 heavy (non-hydrogen) atoms. The largest absolute Gasteiger partial charge is 0.399 e. The molecule has 0 saturated carbocycles. The van der Waals surface area contributed by atoms with Crippen LogP contribution in [0.25, 0.3) is 0 Å². The fourth-order valence-corrected chi connectivity index (χ4v) is 1.41. The summed E-state index contributed by atoms with van der Waals surface area (Å²) in [6, 6.07) is 3.24. The van der Waals surface area contributed by atoms with Crippen molar-refractivity contribution in [3.8, 4) is 0 Å². The van der Waals surface area contributed by atoms with E-state index in [-0.39, 0.29) is 5.91 Å². The number of rotatable bonds is 5. The third-order valence-electron chi connectivity index (χ3n) is 1.85. The molecule has 0 saturated heterocycles. The molecule has 0 aliphatic heterocycles. The molecule has 0 aliphatic rings. The number of carbonyl (C=O) groups excluding carboxylic acids is 1. The number of nitrogens with one attached hydrogen (secondary N) is 2. The Labute approximate surface area is 99.4 Å². The number of aromatic nitrogens is 1. The highest BCUT2D eigenvalue weighted by Crippen LogP contribution is 2.15. The van der Waals surface area contributed by atoms with E-state index in [2.05, 4.69) is 15.6 Å². The van der Waals surface area contributed by atoms with Crippen molar-refractivity contribution in [1.82, 2.24) is 10.3 Å². The predicted molar refractivity (Wildman–Crippen MR) is 65.4 cm³/mol. The van der Waals surface area contributed by atoms with Gasteiger partial charge in [0.05, 0.1) is 0 Å². The van der Waals surface area contributed by atoms with Gasteiger partial charge in [0.25, 0.3) is 0 Å². The van der Waals surface area contributed by atoms with Gasteiger partial charge in [-0.15, -0.1) is 0 Å². The summed E-state index contributed by atoms with van der Waals surface area (Å²) < 4.78 is 0. The van der Waals surface area contributed by atoms with Crippen LogP contribution in [0.5, 0.6) is 0 Å². The second-order valence-corrected chi connectivity index (χ2v) is 3.63. The zero-order valence-corrected chi connectivity index (χ0v) is 9.84. The topological polar surface area (TPSA) is 80.0 Å². The second-order valence-electron chi connectivity index (χ2n) is 3.24. The lowest BCUT2D eigenvalue weighted by Crippen LogP contribution is -2.24. The number of nitrogens with zero attached hydrogens (tertiary/aromatic N) is 1. The smallest absolute Gasteiger partial charge is 0.221 e. The molecule has 0 fully saturated rings. The molecular weight excluding hydrogens is 228 g/mol. The van der Waals surface area contributed by atoms with Crippen LogP contribution in [0.15, 0.2) is 12.1 Å². The molecule has 4 N–H and O–H groups in total. The van der Waals surface area contributed by atoms with E-state index in [1.165, 1.54) is 0 Å². The number of anilines is 2. The van der Waals surface area contributed by atoms with E-state index < -0.39 is 0 Å². The van der Waals surface area contributed by atoms with E-state index in [0.29, 0.717) is 36.2 Å². The maximum absolute atomic E-state index is 11.1. The summed E-state index contributed by atoms with van der Waals surface area (Å²) in [6.07, 6.45) is 0.391. The Morgan fingerprint density at radius 2 is 2.31 bits per heavy atom. The van der Waals surface area contributed by atoms with Gasteiger partial charge in [-0.2, -0.15) is 0 Å². The highest BCUT2D eigenvalue weighted by atomic mass is 35.5. The Balaban J connectivity index is 2.40. The number of pyridine rings is 1. The third-order valence-corrected chi connectivity index (χ3v) is 2.04. The first-order valence-corrected chi connectivity index (χ1v) is 5.43. The quantitative estimate of drug-likeness (QED) is 0.679. The predicted octanol–water partition coefficient (Wildman–Crippen LogP) is 1.26. The van der Waals surface area contributed by atoms with Gasteiger partial charge in [-0.3, -0.25) is 4.79 Å². The molecule has 0 bridgehead atoms. The van der Waals surface area contributed by atoms with Crippen molar-refractivity contribution in [2.45, 2.75) is 13.3 Å². The van der Waals surface area contributed by atoms with Crippen LogP contribution in [0.4, 0.5) is 11.5 Å². The van der Waals surface area contributed by atoms with Crippen LogP contribution >= 0.6 is 11.6 Å². The van der Waals surface area contributed by atoms with E-state index in [9.17, 15) is 4.79 Å². The Kier molecular flexibility index (Phi) is 4.85. The summed E-state index contributed by atoms with van der Waals surface area (Å²) in [5.74, 6) is 0.583. The molecule has 0 radical (unpaired) electrons. The average molecular weight is 243 g/mol. The molecule has 0 spiro atoms. The Morgan fingerprint density at radius 1 is 1.56 bits per heavy atom. The lowest BCUT2D eigenvalue weighted by Gasteiger charge is -2.06. The molecule has 0 aliphatic carbocycles. The highest BCUT2D eigenvalue weighted by molar-refractivity contribution is 6.29. The van der Waals surface area contributed by atoms with E-state index in [0.717, 1.165) is 0 Å². The molecule has 1 aromatic rings. The maximum atomic E-state index is 11.1. The number of carbonyl (C=O) groups is 1. The van der Waals surface area contributed by atoms with Crippen LogP contribution in [0.2, 0.25) is 5.15 Å². The van der Waals surface area contributed by atoms with Crippen LogP contribution in [0, 0.1) is 0 Å². The number of hydrogen-bond donors (Lipinski definition) is 3. The van der Waals surface area contributed by atoms with E-state index in [1.54, 1.807) is 12.1 Å². The number of nitrogen functional groups attached to an aromatic ring is 1. The van der Waals surface area contributed by atoms with Crippen LogP contribution in [0.1, 0.15) is 13.3 Å². The Morgan fingerprint density at radius 3 is 2.94 bits per heavy atom. The van der Waals surface area contributed by atoms with Crippen molar-refractivity contribution in [2.24, 2.45) is 0 Å². The van der Waals surface area contributed by atoms with Crippen molar-refractivity contribution in [2.75, 3.05) is 24.1 Å². The molecule has 1 rings (SSSR count). The summed E-state index contributed by atoms with van der Waals surface area (Å²) >= 11 is 5.73. The molecular formula is C10H15ClN4O. The molecule has 1 heterocycles. The lowest BCUT2D eigenvalue weighted by atomic mass is 10.3. The zero-order chi connectivity index (χ0) is 12.0. The molecule has 88 valence electrons. The fraction of sp³-hybridized carbons (Fsp3) is 0.400. The molecule has 5 nitrogen and oxygen atoms in total. The number of amides is 1. The van der Waals surface area contributed by atoms with Crippen LogP contribution in [0.3, 0.4) is 0 Å². The average Bonchev–Trinajstić information content (AvgIpc) is 2.16. The van der Waals surface area contributed by atoms with Crippen LogP contribution in [-0.2, 0) is 4.79 Å². The highest BCUT2D eigenvalue weighted by Gasteiger charge is 2.01. The van der Waals surface area contributed by atoms with Gasteiger partial charge in [-0.05, 0) is 13.0 Å². The van der Waals surface area contributed by atoms with Crippen molar-refractivity contribution >= 4 is 29.0 Å². The normalized spacial score (nSPS) is 9.88.